The van der Waals surface area contributed by atoms with Crippen molar-refractivity contribution in [2.24, 2.45) is 0 Å². The van der Waals surface area contributed by atoms with E-state index in [0.29, 0.717) is 6.61 Å². The number of anilines is 1. The summed E-state index contributed by atoms with van der Waals surface area (Å²) in [4.78, 5) is 10.8. The number of aryl methyl sites for hydroxylation is 2. The summed E-state index contributed by atoms with van der Waals surface area (Å²) in [5.41, 5.74) is 8.92. The summed E-state index contributed by atoms with van der Waals surface area (Å²) in [5.74, 6) is -1.22. The zero-order valence-corrected chi connectivity index (χ0v) is 16.9. The summed E-state index contributed by atoms with van der Waals surface area (Å²) in [6.07, 6.45) is 0.752. The predicted octanol–water partition coefficient (Wildman–Crippen LogP) is 1.75. The van der Waals surface area contributed by atoms with Crippen LogP contribution in [0.15, 0.2) is 18.2 Å². The van der Waals surface area contributed by atoms with E-state index in [1.807, 2.05) is 39.0 Å². The van der Waals surface area contributed by atoms with Crippen LogP contribution >= 0.6 is 0 Å². The molecule has 0 amide bonds. The molecule has 0 heterocycles. The lowest BCUT2D eigenvalue weighted by atomic mass is 10.1. The minimum absolute atomic E-state index is 0.188. The van der Waals surface area contributed by atoms with Crippen LogP contribution in [0.3, 0.4) is 0 Å². The van der Waals surface area contributed by atoms with E-state index >= 15 is 0 Å². The van der Waals surface area contributed by atoms with Gasteiger partial charge in [0.1, 0.15) is 13.3 Å². The van der Waals surface area contributed by atoms with Gasteiger partial charge in [-0.15, -0.1) is 4.31 Å². The molecule has 0 aliphatic rings. The summed E-state index contributed by atoms with van der Waals surface area (Å²) >= 11 is 0. The van der Waals surface area contributed by atoms with Crippen LogP contribution in [0.25, 0.3) is 0 Å². The molecule has 0 aromatic heterocycles. The van der Waals surface area contributed by atoms with Crippen LogP contribution in [0.4, 0.5) is 5.69 Å². The Hall–Kier alpha value is -1.68. The number of nitrogens with zero attached hydrogens (tertiary/aromatic N) is 1. The van der Waals surface area contributed by atoms with E-state index in [2.05, 4.69) is 4.18 Å². The summed E-state index contributed by atoms with van der Waals surface area (Å²) in [6.45, 7) is 8.41. The highest BCUT2D eigenvalue weighted by Crippen LogP contribution is 2.14. The highest BCUT2D eigenvalue weighted by Gasteiger charge is 2.29. The standard InChI is InChI=1S/C9H19NO6S.C8H11N/c1-4-5-15-7-10(8(2)3)17(13,14)16-9(12)6-11;1-6-4-3-5-7(2)8(6)9/h8,11H,4-7H2,1-3H3;3-5H,9H2,1-2H3. The first kappa shape index (κ1) is 24.3. The third kappa shape index (κ3) is 8.61. The predicted molar refractivity (Wildman–Crippen MR) is 101 cm³/mol. The first-order valence-corrected chi connectivity index (χ1v) is 9.67. The lowest BCUT2D eigenvalue weighted by Gasteiger charge is -2.23. The Bertz CT molecular complexity index is 641. The number of hydrogen-bond donors (Lipinski definition) is 2. The fourth-order valence-corrected chi connectivity index (χ4v) is 2.89. The number of rotatable bonds is 8. The Kier molecular flexibility index (Phi) is 11.1. The minimum atomic E-state index is -4.21. The smallest absolute Gasteiger partial charge is 0.389 e. The minimum Gasteiger partial charge on any atom is -0.398 e. The van der Waals surface area contributed by atoms with Crippen LogP contribution in [0.5, 0.6) is 0 Å². The third-order valence-corrected chi connectivity index (χ3v) is 4.80. The van der Waals surface area contributed by atoms with Crippen LogP contribution in [-0.4, -0.2) is 49.8 Å². The van der Waals surface area contributed by atoms with Crippen LogP contribution < -0.4 is 5.73 Å². The van der Waals surface area contributed by atoms with E-state index < -0.39 is 28.9 Å². The largest absolute Gasteiger partial charge is 0.398 e. The highest BCUT2D eigenvalue weighted by atomic mass is 32.2. The van der Waals surface area contributed by atoms with Crippen molar-refractivity contribution in [1.29, 1.82) is 0 Å². The van der Waals surface area contributed by atoms with Crippen molar-refractivity contribution in [2.75, 3.05) is 25.7 Å². The molecule has 8 nitrogen and oxygen atoms in total. The summed E-state index contributed by atoms with van der Waals surface area (Å²) in [6, 6.07) is 5.63. The van der Waals surface area contributed by atoms with Gasteiger partial charge in [0.25, 0.3) is 0 Å². The van der Waals surface area contributed by atoms with Gasteiger partial charge in [-0.05, 0) is 45.2 Å². The van der Waals surface area contributed by atoms with Gasteiger partial charge < -0.3 is 19.8 Å². The number of ether oxygens (including phenoxy) is 1. The maximum absolute atomic E-state index is 11.6. The number of aliphatic hydroxyl groups excluding tert-OH is 1. The van der Waals surface area contributed by atoms with Crippen LogP contribution in [-0.2, 0) is 24.0 Å². The van der Waals surface area contributed by atoms with Gasteiger partial charge in [0.05, 0.1) is 0 Å². The molecular formula is C17H30N2O6S. The average molecular weight is 391 g/mol. The molecule has 9 heteroatoms. The Morgan fingerprint density at radius 3 is 2.19 bits per heavy atom. The van der Waals surface area contributed by atoms with E-state index in [9.17, 15) is 13.2 Å². The fourth-order valence-electron chi connectivity index (χ4n) is 1.79. The molecule has 0 unspecified atom stereocenters. The third-order valence-electron chi connectivity index (χ3n) is 3.30. The number of hydrogen-bond acceptors (Lipinski definition) is 7. The molecule has 1 aromatic rings. The molecule has 3 N–H and O–H groups in total. The Labute approximate surface area is 156 Å². The van der Waals surface area contributed by atoms with Gasteiger partial charge in [-0.1, -0.05) is 25.1 Å². The quantitative estimate of drug-likeness (QED) is 0.394. The maximum Gasteiger partial charge on any atom is 0.389 e. The van der Waals surface area contributed by atoms with Crippen molar-refractivity contribution in [1.82, 2.24) is 4.31 Å². The van der Waals surface area contributed by atoms with Crippen molar-refractivity contribution in [3.8, 4) is 0 Å². The van der Waals surface area contributed by atoms with Crippen molar-refractivity contribution in [3.05, 3.63) is 29.3 Å². The fraction of sp³-hybridized carbons (Fsp3) is 0.588. The second-order valence-electron chi connectivity index (χ2n) is 5.89. The number of benzene rings is 1. The van der Waals surface area contributed by atoms with E-state index in [1.54, 1.807) is 13.8 Å². The Morgan fingerprint density at radius 2 is 1.81 bits per heavy atom. The topological polar surface area (TPSA) is 119 Å². The molecule has 0 bridgehead atoms. The van der Waals surface area contributed by atoms with Gasteiger partial charge in [0, 0.05) is 18.3 Å². The van der Waals surface area contributed by atoms with Crippen molar-refractivity contribution < 1.29 is 27.2 Å². The monoisotopic (exact) mass is 390 g/mol. The highest BCUT2D eigenvalue weighted by molar-refractivity contribution is 7.84. The number of aliphatic hydroxyl groups is 1. The second kappa shape index (κ2) is 11.8. The van der Waals surface area contributed by atoms with Gasteiger partial charge in [0.2, 0.25) is 0 Å². The van der Waals surface area contributed by atoms with E-state index in [-0.39, 0.29) is 6.73 Å². The molecule has 150 valence electrons. The normalized spacial score (nSPS) is 11.2. The number of carbonyl (C=O) groups excluding carboxylic acids is 1. The molecule has 26 heavy (non-hydrogen) atoms. The van der Waals surface area contributed by atoms with Crippen LogP contribution in [0.1, 0.15) is 38.3 Å². The summed E-state index contributed by atoms with van der Waals surface area (Å²) in [5, 5.41) is 8.44. The van der Waals surface area contributed by atoms with Gasteiger partial charge in [-0.3, -0.25) is 0 Å². The number of nitrogens with two attached hydrogens (primary N) is 1. The number of nitrogen functional groups attached to an aromatic ring is 1. The molecule has 0 saturated heterocycles. The molecule has 0 aliphatic heterocycles. The zero-order chi connectivity index (χ0) is 20.3. The average Bonchev–Trinajstić information content (AvgIpc) is 2.56. The van der Waals surface area contributed by atoms with Crippen molar-refractivity contribution >= 4 is 22.0 Å². The molecule has 0 fully saturated rings. The van der Waals surface area contributed by atoms with Gasteiger partial charge in [-0.2, -0.15) is 8.42 Å². The zero-order valence-electron chi connectivity index (χ0n) is 16.1. The molecule has 1 aromatic carbocycles. The Balaban J connectivity index is 0.000000577. The van der Waals surface area contributed by atoms with Crippen LogP contribution in [0.2, 0.25) is 0 Å². The van der Waals surface area contributed by atoms with E-state index in [0.717, 1.165) is 27.5 Å². The lowest BCUT2D eigenvalue weighted by Crippen LogP contribution is -2.41. The number of carbonyl (C=O) groups is 1. The molecule has 0 saturated carbocycles. The van der Waals surface area contributed by atoms with Gasteiger partial charge in [0.15, 0.2) is 0 Å². The van der Waals surface area contributed by atoms with Gasteiger partial charge in [-0.25, -0.2) is 4.79 Å². The molecule has 0 spiro atoms. The molecule has 1 rings (SSSR count). The first-order chi connectivity index (χ1) is 12.1. The second-order valence-corrected chi connectivity index (χ2v) is 7.39. The molecule has 0 radical (unpaired) electrons. The number of para-hydroxylation sites is 1. The van der Waals surface area contributed by atoms with Crippen molar-refractivity contribution in [2.45, 2.75) is 47.1 Å². The molecule has 0 aliphatic carbocycles. The lowest BCUT2D eigenvalue weighted by molar-refractivity contribution is -0.137. The first-order valence-electron chi connectivity index (χ1n) is 8.31. The van der Waals surface area contributed by atoms with Crippen LogP contribution in [0, 0.1) is 13.8 Å². The van der Waals surface area contributed by atoms with Gasteiger partial charge >= 0.3 is 16.3 Å². The van der Waals surface area contributed by atoms with E-state index in [1.165, 1.54) is 0 Å². The summed E-state index contributed by atoms with van der Waals surface area (Å²) in [7, 11) is -4.21. The molecule has 0 atom stereocenters. The van der Waals surface area contributed by atoms with E-state index in [4.69, 9.17) is 15.6 Å². The summed E-state index contributed by atoms with van der Waals surface area (Å²) < 4.78 is 33.4. The maximum atomic E-state index is 11.6. The SMILES string of the molecule is CCCOCN(C(C)C)S(=O)(=O)OC(=O)CO.Cc1cccc(C)c1N. The Morgan fingerprint density at radius 1 is 1.27 bits per heavy atom. The van der Waals surface area contributed by atoms with Crippen molar-refractivity contribution in [3.63, 3.8) is 0 Å². The molecular weight excluding hydrogens is 360 g/mol.